The molecule has 0 atom stereocenters. The van der Waals surface area contributed by atoms with Crippen molar-refractivity contribution in [3.8, 4) is 5.75 Å². The van der Waals surface area contributed by atoms with Crippen molar-refractivity contribution < 1.29 is 14.3 Å². The fourth-order valence-electron chi connectivity index (χ4n) is 3.16. The molecule has 1 aliphatic rings. The minimum absolute atomic E-state index is 0.0295. The summed E-state index contributed by atoms with van der Waals surface area (Å²) in [7, 11) is 1.61. The molecule has 1 fully saturated rings. The van der Waals surface area contributed by atoms with Crippen LogP contribution in [0.3, 0.4) is 0 Å². The molecule has 5 heteroatoms. The lowest BCUT2D eigenvalue weighted by atomic mass is 10.1. The number of carbonyl (C=O) groups excluding carboxylic acids is 2. The number of methoxy groups -OCH3 is 1. The van der Waals surface area contributed by atoms with Gasteiger partial charge in [-0.1, -0.05) is 35.9 Å². The van der Waals surface area contributed by atoms with Crippen molar-refractivity contribution in [2.75, 3.05) is 33.3 Å². The second-order valence-corrected chi connectivity index (χ2v) is 6.53. The van der Waals surface area contributed by atoms with Gasteiger partial charge in [0.05, 0.1) is 13.5 Å². The summed E-state index contributed by atoms with van der Waals surface area (Å²) in [6.45, 7) is 4.24. The van der Waals surface area contributed by atoms with Crippen LogP contribution in [0.4, 0.5) is 0 Å². The molecule has 1 saturated heterocycles. The highest BCUT2D eigenvalue weighted by Crippen LogP contribution is 2.19. The van der Waals surface area contributed by atoms with E-state index in [4.69, 9.17) is 4.74 Å². The summed E-state index contributed by atoms with van der Waals surface area (Å²) in [5.74, 6) is 0.827. The largest absolute Gasteiger partial charge is 0.496 e. The van der Waals surface area contributed by atoms with Crippen molar-refractivity contribution in [1.29, 1.82) is 0 Å². The molecule has 0 aliphatic carbocycles. The number of ether oxygens (including phenoxy) is 1. The van der Waals surface area contributed by atoms with Crippen LogP contribution in [0.5, 0.6) is 5.75 Å². The molecule has 2 amide bonds. The zero-order valence-corrected chi connectivity index (χ0v) is 15.3. The third-order valence-corrected chi connectivity index (χ3v) is 4.75. The molecule has 5 nitrogen and oxygen atoms in total. The van der Waals surface area contributed by atoms with E-state index in [0.29, 0.717) is 38.2 Å². The van der Waals surface area contributed by atoms with Crippen LogP contribution in [0.15, 0.2) is 48.5 Å². The molecule has 26 heavy (non-hydrogen) atoms. The van der Waals surface area contributed by atoms with E-state index in [0.717, 1.165) is 16.9 Å². The average molecular weight is 352 g/mol. The fraction of sp³-hybridized carbons (Fsp3) is 0.333. The Kier molecular flexibility index (Phi) is 5.56. The lowest BCUT2D eigenvalue weighted by Crippen LogP contribution is -2.51. The second-order valence-electron chi connectivity index (χ2n) is 6.53. The van der Waals surface area contributed by atoms with E-state index in [2.05, 4.69) is 0 Å². The van der Waals surface area contributed by atoms with Gasteiger partial charge in [0, 0.05) is 37.3 Å². The average Bonchev–Trinajstić information content (AvgIpc) is 2.68. The van der Waals surface area contributed by atoms with E-state index >= 15 is 0 Å². The second kappa shape index (κ2) is 8.04. The Balaban J connectivity index is 1.57. The Morgan fingerprint density at radius 2 is 1.54 bits per heavy atom. The van der Waals surface area contributed by atoms with Gasteiger partial charge in [0.1, 0.15) is 5.75 Å². The van der Waals surface area contributed by atoms with Crippen molar-refractivity contribution in [2.45, 2.75) is 13.3 Å². The van der Waals surface area contributed by atoms with E-state index < -0.39 is 0 Å². The van der Waals surface area contributed by atoms with Gasteiger partial charge in [-0.05, 0) is 25.1 Å². The number of piperazine rings is 1. The van der Waals surface area contributed by atoms with E-state index in [1.54, 1.807) is 7.11 Å². The summed E-state index contributed by atoms with van der Waals surface area (Å²) in [5, 5.41) is 0. The number of para-hydroxylation sites is 1. The highest BCUT2D eigenvalue weighted by Gasteiger charge is 2.25. The molecule has 0 bridgehead atoms. The van der Waals surface area contributed by atoms with Crippen molar-refractivity contribution in [1.82, 2.24) is 9.80 Å². The minimum Gasteiger partial charge on any atom is -0.496 e. The highest BCUT2D eigenvalue weighted by molar-refractivity contribution is 5.94. The Labute approximate surface area is 154 Å². The van der Waals surface area contributed by atoms with Gasteiger partial charge in [-0.15, -0.1) is 0 Å². The van der Waals surface area contributed by atoms with Crippen molar-refractivity contribution in [2.24, 2.45) is 0 Å². The maximum atomic E-state index is 12.6. The van der Waals surface area contributed by atoms with Gasteiger partial charge in [-0.2, -0.15) is 0 Å². The first kappa shape index (κ1) is 18.0. The molecular formula is C21H24N2O3. The number of carbonyl (C=O) groups is 2. The number of nitrogens with zero attached hydrogens (tertiary/aromatic N) is 2. The molecule has 0 spiro atoms. The lowest BCUT2D eigenvalue weighted by Gasteiger charge is -2.35. The van der Waals surface area contributed by atoms with Crippen LogP contribution >= 0.6 is 0 Å². The zero-order valence-electron chi connectivity index (χ0n) is 15.3. The molecule has 2 aromatic rings. The van der Waals surface area contributed by atoms with Crippen LogP contribution in [-0.4, -0.2) is 54.9 Å². The van der Waals surface area contributed by atoms with Gasteiger partial charge in [-0.3, -0.25) is 9.59 Å². The smallest absolute Gasteiger partial charge is 0.253 e. The first-order valence-corrected chi connectivity index (χ1v) is 8.84. The van der Waals surface area contributed by atoms with Crippen LogP contribution in [0, 0.1) is 6.92 Å². The highest BCUT2D eigenvalue weighted by atomic mass is 16.5. The van der Waals surface area contributed by atoms with E-state index in [1.165, 1.54) is 0 Å². The first-order valence-electron chi connectivity index (χ1n) is 8.84. The molecule has 3 rings (SSSR count). The summed E-state index contributed by atoms with van der Waals surface area (Å²) in [6.07, 6.45) is 0.315. The third kappa shape index (κ3) is 4.04. The maximum absolute atomic E-state index is 12.6. The molecule has 0 aromatic heterocycles. The summed E-state index contributed by atoms with van der Waals surface area (Å²) < 4.78 is 5.32. The summed E-state index contributed by atoms with van der Waals surface area (Å²) in [4.78, 5) is 28.8. The monoisotopic (exact) mass is 352 g/mol. The number of benzene rings is 2. The van der Waals surface area contributed by atoms with Gasteiger partial charge < -0.3 is 14.5 Å². The molecule has 2 aromatic carbocycles. The van der Waals surface area contributed by atoms with Crippen molar-refractivity contribution >= 4 is 11.8 Å². The van der Waals surface area contributed by atoms with Gasteiger partial charge in [0.2, 0.25) is 5.91 Å². The van der Waals surface area contributed by atoms with Gasteiger partial charge >= 0.3 is 0 Å². The summed E-state index contributed by atoms with van der Waals surface area (Å²) in [6, 6.07) is 15.2. The molecule has 0 saturated carbocycles. The standard InChI is InChI=1S/C21H24N2O3/c1-16-7-9-17(10-8-16)21(25)23-13-11-22(12-14-23)20(24)15-18-5-3-4-6-19(18)26-2/h3-10H,11-15H2,1-2H3. The minimum atomic E-state index is 0.0295. The lowest BCUT2D eigenvalue weighted by molar-refractivity contribution is -0.131. The predicted molar refractivity (Wildman–Crippen MR) is 100 cm³/mol. The van der Waals surface area contributed by atoms with Gasteiger partial charge in [0.15, 0.2) is 0 Å². The number of aryl methyl sites for hydroxylation is 1. The van der Waals surface area contributed by atoms with Crippen molar-refractivity contribution in [3.63, 3.8) is 0 Å². The molecule has 136 valence electrons. The Bertz CT molecular complexity index is 778. The first-order chi connectivity index (χ1) is 12.6. The van der Waals surface area contributed by atoms with Crippen LogP contribution in [-0.2, 0) is 11.2 Å². The number of hydrogen-bond acceptors (Lipinski definition) is 3. The number of amides is 2. The van der Waals surface area contributed by atoms with Crippen LogP contribution < -0.4 is 4.74 Å². The zero-order chi connectivity index (χ0) is 18.5. The van der Waals surface area contributed by atoms with Crippen LogP contribution in [0.1, 0.15) is 21.5 Å². The quantitative estimate of drug-likeness (QED) is 0.850. The van der Waals surface area contributed by atoms with E-state index in [-0.39, 0.29) is 11.8 Å². The third-order valence-electron chi connectivity index (χ3n) is 4.75. The van der Waals surface area contributed by atoms with Crippen molar-refractivity contribution in [3.05, 3.63) is 65.2 Å². The van der Waals surface area contributed by atoms with Crippen LogP contribution in [0.25, 0.3) is 0 Å². The Morgan fingerprint density at radius 3 is 2.19 bits per heavy atom. The summed E-state index contributed by atoms with van der Waals surface area (Å²) in [5.41, 5.74) is 2.72. The topological polar surface area (TPSA) is 49.9 Å². The molecule has 1 heterocycles. The van der Waals surface area contributed by atoms with Gasteiger partial charge in [-0.25, -0.2) is 0 Å². The Hall–Kier alpha value is -2.82. The number of rotatable bonds is 4. The Morgan fingerprint density at radius 1 is 0.923 bits per heavy atom. The SMILES string of the molecule is COc1ccccc1CC(=O)N1CCN(C(=O)c2ccc(C)cc2)CC1. The van der Waals surface area contributed by atoms with Crippen LogP contribution in [0.2, 0.25) is 0 Å². The predicted octanol–water partition coefficient (Wildman–Crippen LogP) is 2.53. The van der Waals surface area contributed by atoms with E-state index in [9.17, 15) is 9.59 Å². The molecule has 0 radical (unpaired) electrons. The normalized spacial score (nSPS) is 14.2. The molecule has 0 N–H and O–H groups in total. The molecule has 0 unspecified atom stereocenters. The molecule has 1 aliphatic heterocycles. The number of hydrogen-bond donors (Lipinski definition) is 0. The maximum Gasteiger partial charge on any atom is 0.253 e. The van der Waals surface area contributed by atoms with E-state index in [1.807, 2.05) is 65.3 Å². The fourth-order valence-corrected chi connectivity index (χ4v) is 3.16. The summed E-state index contributed by atoms with van der Waals surface area (Å²) >= 11 is 0. The molecular weight excluding hydrogens is 328 g/mol. The van der Waals surface area contributed by atoms with Gasteiger partial charge in [0.25, 0.3) is 5.91 Å².